The van der Waals surface area contributed by atoms with Gasteiger partial charge in [0.05, 0.1) is 23.8 Å². The van der Waals surface area contributed by atoms with Gasteiger partial charge in [-0.15, -0.1) is 0 Å². The molecule has 2 atom stereocenters. The third kappa shape index (κ3) is 2.91. The molecule has 2 aliphatic rings. The van der Waals surface area contributed by atoms with Crippen molar-refractivity contribution in [3.63, 3.8) is 0 Å². The zero-order valence-corrected chi connectivity index (χ0v) is 16.4. The second-order valence-electron chi connectivity index (χ2n) is 8.41. The lowest BCUT2D eigenvalue weighted by Gasteiger charge is -2.42. The van der Waals surface area contributed by atoms with Crippen LogP contribution >= 0.6 is 0 Å². The Morgan fingerprint density at radius 3 is 2.56 bits per heavy atom. The van der Waals surface area contributed by atoms with Crippen LogP contribution in [0.2, 0.25) is 0 Å². The first-order valence-electron chi connectivity index (χ1n) is 9.64. The smallest absolute Gasteiger partial charge is 0.257 e. The summed E-state index contributed by atoms with van der Waals surface area (Å²) in [6.07, 6.45) is 4.60. The minimum atomic E-state index is -0.222. The van der Waals surface area contributed by atoms with E-state index >= 15 is 0 Å². The number of hydrogen-bond donors (Lipinski definition) is 0. The summed E-state index contributed by atoms with van der Waals surface area (Å²) < 4.78 is 15.2. The normalized spacial score (nSPS) is 24.2. The molecule has 0 saturated carbocycles. The number of carbonyl (C=O) groups is 1. The first-order chi connectivity index (χ1) is 12.8. The van der Waals surface area contributed by atoms with Crippen LogP contribution in [0.25, 0.3) is 0 Å². The number of aryl methyl sites for hydroxylation is 1. The number of amides is 1. The zero-order chi connectivity index (χ0) is 19.3. The van der Waals surface area contributed by atoms with E-state index in [0.717, 1.165) is 37.2 Å². The lowest BCUT2D eigenvalue weighted by atomic mass is 9.93. The van der Waals surface area contributed by atoms with Gasteiger partial charge in [-0.25, -0.2) is 4.39 Å². The average Bonchev–Trinajstić information content (AvgIpc) is 3.10. The van der Waals surface area contributed by atoms with Crippen LogP contribution in [0.15, 0.2) is 30.5 Å². The molecule has 3 heterocycles. The first kappa shape index (κ1) is 18.0. The highest BCUT2D eigenvalue weighted by Crippen LogP contribution is 2.44. The molecule has 4 rings (SSSR count). The van der Waals surface area contributed by atoms with E-state index in [0.29, 0.717) is 5.56 Å². The monoisotopic (exact) mass is 370 g/mol. The van der Waals surface area contributed by atoms with Gasteiger partial charge in [-0.1, -0.05) is 0 Å². The van der Waals surface area contributed by atoms with Crippen molar-refractivity contribution < 1.29 is 9.18 Å². The fraction of sp³-hybridized carbons (Fsp3) is 0.524. The van der Waals surface area contributed by atoms with Gasteiger partial charge in [-0.2, -0.15) is 5.10 Å². The fourth-order valence-electron chi connectivity index (χ4n) is 4.90. The van der Waals surface area contributed by atoms with Crippen molar-refractivity contribution >= 4 is 11.6 Å². The minimum Gasteiger partial charge on any atom is -0.361 e. The molecule has 1 aromatic carbocycles. The fourth-order valence-corrected chi connectivity index (χ4v) is 4.90. The molecule has 0 radical (unpaired) electrons. The predicted octanol–water partition coefficient (Wildman–Crippen LogP) is 3.53. The molecule has 0 spiro atoms. The standard InChI is InChI=1S/C21H27FN4O/c1-14-17(13-23-24(14)4)20(27)25-11-5-6-18-19(25)12-21(2,3)26(18)16-9-7-15(22)8-10-16/h7-10,13,18-19H,5-6,11-12H2,1-4H3/t18-,19-/m0/s1. The van der Waals surface area contributed by atoms with Gasteiger partial charge in [-0.05, 0) is 64.3 Å². The SMILES string of the molecule is Cc1c(C(=O)N2CCC[C@H]3[C@@H]2CC(C)(C)N3c2ccc(F)cc2)cnn1C. The average molecular weight is 370 g/mol. The largest absolute Gasteiger partial charge is 0.361 e. The molecule has 0 N–H and O–H groups in total. The third-order valence-electron chi connectivity index (χ3n) is 6.27. The number of nitrogens with zero attached hydrogens (tertiary/aromatic N) is 4. The van der Waals surface area contributed by atoms with Crippen LogP contribution in [0.4, 0.5) is 10.1 Å². The van der Waals surface area contributed by atoms with Crippen molar-refractivity contribution in [1.29, 1.82) is 0 Å². The van der Waals surface area contributed by atoms with Crippen LogP contribution in [-0.4, -0.2) is 44.8 Å². The number of piperidine rings is 1. The number of aromatic nitrogens is 2. The van der Waals surface area contributed by atoms with Crippen LogP contribution in [0.1, 0.15) is 49.2 Å². The molecule has 0 unspecified atom stereocenters. The summed E-state index contributed by atoms with van der Waals surface area (Å²) in [5, 5.41) is 4.24. The Kier molecular flexibility index (Phi) is 4.24. The number of carbonyl (C=O) groups excluding carboxylic acids is 1. The maximum Gasteiger partial charge on any atom is 0.257 e. The Balaban J connectivity index is 1.67. The quantitative estimate of drug-likeness (QED) is 0.812. The molecule has 5 nitrogen and oxygen atoms in total. The van der Waals surface area contributed by atoms with Gasteiger partial charge in [-0.3, -0.25) is 9.48 Å². The Morgan fingerprint density at radius 2 is 1.93 bits per heavy atom. The molecular formula is C21H27FN4O. The van der Waals surface area contributed by atoms with Gasteiger partial charge in [0.1, 0.15) is 5.82 Å². The van der Waals surface area contributed by atoms with Crippen LogP contribution in [0.3, 0.4) is 0 Å². The van der Waals surface area contributed by atoms with Crippen molar-refractivity contribution in [1.82, 2.24) is 14.7 Å². The predicted molar refractivity (Wildman–Crippen MR) is 103 cm³/mol. The maximum atomic E-state index is 13.4. The molecule has 0 aliphatic carbocycles. The number of anilines is 1. The summed E-state index contributed by atoms with van der Waals surface area (Å²) in [6, 6.07) is 7.15. The van der Waals surface area contributed by atoms with Crippen molar-refractivity contribution in [2.45, 2.75) is 57.7 Å². The topological polar surface area (TPSA) is 41.4 Å². The van der Waals surface area contributed by atoms with E-state index in [4.69, 9.17) is 0 Å². The molecule has 2 saturated heterocycles. The van der Waals surface area contributed by atoms with Gasteiger partial charge < -0.3 is 9.80 Å². The van der Waals surface area contributed by atoms with Crippen LogP contribution in [0.5, 0.6) is 0 Å². The van der Waals surface area contributed by atoms with Crippen molar-refractivity contribution in [3.8, 4) is 0 Å². The molecule has 6 heteroatoms. The number of halogens is 1. The minimum absolute atomic E-state index is 0.0760. The van der Waals surface area contributed by atoms with E-state index in [1.807, 2.05) is 31.0 Å². The zero-order valence-electron chi connectivity index (χ0n) is 16.4. The summed E-state index contributed by atoms with van der Waals surface area (Å²) in [4.78, 5) is 17.7. The Bertz CT molecular complexity index is 858. The molecule has 144 valence electrons. The maximum absolute atomic E-state index is 13.4. The van der Waals surface area contributed by atoms with Crippen LogP contribution in [-0.2, 0) is 7.05 Å². The van der Waals surface area contributed by atoms with Gasteiger partial charge >= 0.3 is 0 Å². The van der Waals surface area contributed by atoms with Gasteiger partial charge in [0.25, 0.3) is 5.91 Å². The number of likely N-dealkylation sites (tertiary alicyclic amines) is 1. The summed E-state index contributed by atoms with van der Waals surface area (Å²) in [6.45, 7) is 7.14. The van der Waals surface area contributed by atoms with E-state index in [1.54, 1.807) is 10.9 Å². The summed E-state index contributed by atoms with van der Waals surface area (Å²) in [5.41, 5.74) is 2.52. The van der Waals surface area contributed by atoms with E-state index in [2.05, 4.69) is 23.8 Å². The van der Waals surface area contributed by atoms with E-state index in [1.165, 1.54) is 12.1 Å². The molecule has 2 fully saturated rings. The van der Waals surface area contributed by atoms with Gasteiger partial charge in [0.15, 0.2) is 0 Å². The molecule has 1 amide bonds. The highest BCUT2D eigenvalue weighted by Gasteiger charge is 2.50. The van der Waals surface area contributed by atoms with Crippen LogP contribution in [0, 0.1) is 12.7 Å². The second-order valence-corrected chi connectivity index (χ2v) is 8.41. The van der Waals surface area contributed by atoms with Crippen molar-refractivity contribution in [2.75, 3.05) is 11.4 Å². The number of benzene rings is 1. The Hall–Kier alpha value is -2.37. The molecule has 1 aromatic heterocycles. The number of hydrogen-bond acceptors (Lipinski definition) is 3. The van der Waals surface area contributed by atoms with E-state index < -0.39 is 0 Å². The summed E-state index contributed by atoms with van der Waals surface area (Å²) in [5.74, 6) is -0.146. The van der Waals surface area contributed by atoms with Crippen molar-refractivity contribution in [2.24, 2.45) is 7.05 Å². The molecule has 2 aromatic rings. The van der Waals surface area contributed by atoms with E-state index in [-0.39, 0.29) is 29.3 Å². The van der Waals surface area contributed by atoms with Gasteiger partial charge in [0.2, 0.25) is 0 Å². The molecule has 0 bridgehead atoms. The van der Waals surface area contributed by atoms with Gasteiger partial charge in [0, 0.05) is 30.5 Å². The number of rotatable bonds is 2. The lowest BCUT2D eigenvalue weighted by molar-refractivity contribution is 0.0604. The lowest BCUT2D eigenvalue weighted by Crippen LogP contribution is -2.53. The molecular weight excluding hydrogens is 343 g/mol. The third-order valence-corrected chi connectivity index (χ3v) is 6.27. The molecule has 2 aliphatic heterocycles. The summed E-state index contributed by atoms with van der Waals surface area (Å²) in [7, 11) is 1.86. The highest BCUT2D eigenvalue weighted by atomic mass is 19.1. The van der Waals surface area contributed by atoms with Crippen LogP contribution < -0.4 is 4.90 Å². The Morgan fingerprint density at radius 1 is 1.22 bits per heavy atom. The Labute approximate surface area is 159 Å². The van der Waals surface area contributed by atoms with Crippen molar-refractivity contribution in [3.05, 3.63) is 47.5 Å². The first-order valence-corrected chi connectivity index (χ1v) is 9.64. The second kappa shape index (κ2) is 6.36. The molecule has 27 heavy (non-hydrogen) atoms. The summed E-state index contributed by atoms with van der Waals surface area (Å²) >= 11 is 0. The van der Waals surface area contributed by atoms with E-state index in [9.17, 15) is 9.18 Å². The number of fused-ring (bicyclic) bond motifs is 1. The highest BCUT2D eigenvalue weighted by molar-refractivity contribution is 5.95.